The summed E-state index contributed by atoms with van der Waals surface area (Å²) in [6.07, 6.45) is 5.24. The molecule has 0 saturated heterocycles. The Labute approximate surface area is 197 Å². The number of nitrogens with zero attached hydrogens (tertiary/aromatic N) is 2. The zero-order valence-corrected chi connectivity index (χ0v) is 19.9. The second kappa shape index (κ2) is 9.84. The number of hydrogen-bond donors (Lipinski definition) is 2. The van der Waals surface area contributed by atoms with Crippen molar-refractivity contribution >= 4 is 39.3 Å². The molecule has 0 aromatic heterocycles. The number of rotatable bonds is 7. The average molecular weight is 497 g/mol. The Morgan fingerprint density at radius 2 is 1.91 bits per heavy atom. The molecule has 11 heteroatoms. The standard InChI is InChI=1S/C22H26ClFN4O4S/c1-31-28-13-25-22(26-15-5-9-20(24)19(23)11-15)18-12-17(8-10-21(18)28)32-16-6-3-14(4-7-16)27-33(2,29)30/h5,8-14,16,22,26-27H,3-4,6-7H2,1-2H3. The first-order valence-corrected chi connectivity index (χ1v) is 12.8. The molecule has 1 heterocycles. The molecular formula is C22H26ClFN4O4S. The van der Waals surface area contributed by atoms with Crippen LogP contribution in [-0.2, 0) is 14.9 Å². The fourth-order valence-corrected chi connectivity index (χ4v) is 5.12. The smallest absolute Gasteiger partial charge is 0.208 e. The van der Waals surface area contributed by atoms with Gasteiger partial charge in [0, 0.05) is 17.3 Å². The van der Waals surface area contributed by atoms with Gasteiger partial charge in [0.25, 0.3) is 0 Å². The Balaban J connectivity index is 1.49. The molecule has 1 unspecified atom stereocenters. The molecule has 1 saturated carbocycles. The summed E-state index contributed by atoms with van der Waals surface area (Å²) in [6.45, 7) is 0. The van der Waals surface area contributed by atoms with Gasteiger partial charge in [0.2, 0.25) is 10.0 Å². The van der Waals surface area contributed by atoms with Crippen LogP contribution < -0.4 is 19.8 Å². The van der Waals surface area contributed by atoms with Crippen molar-refractivity contribution in [2.24, 2.45) is 4.99 Å². The van der Waals surface area contributed by atoms with Crippen LogP contribution in [0.4, 0.5) is 15.8 Å². The van der Waals surface area contributed by atoms with Crippen LogP contribution in [0.25, 0.3) is 0 Å². The molecule has 1 aliphatic carbocycles. The van der Waals surface area contributed by atoms with Gasteiger partial charge in [0.05, 0.1) is 30.2 Å². The minimum atomic E-state index is -3.21. The van der Waals surface area contributed by atoms with Gasteiger partial charge in [-0.05, 0) is 62.1 Å². The zero-order chi connectivity index (χ0) is 23.6. The Bertz CT molecular complexity index is 1140. The van der Waals surface area contributed by atoms with Gasteiger partial charge in [-0.15, -0.1) is 0 Å². The third kappa shape index (κ3) is 5.94. The Morgan fingerprint density at radius 3 is 2.58 bits per heavy atom. The molecule has 33 heavy (non-hydrogen) atoms. The predicted octanol–water partition coefficient (Wildman–Crippen LogP) is 4.24. The van der Waals surface area contributed by atoms with Gasteiger partial charge >= 0.3 is 0 Å². The fourth-order valence-electron chi connectivity index (χ4n) is 4.09. The van der Waals surface area contributed by atoms with Gasteiger partial charge in [-0.2, -0.15) is 0 Å². The van der Waals surface area contributed by atoms with Gasteiger partial charge in [0.15, 0.2) is 0 Å². The second-order valence-corrected chi connectivity index (χ2v) is 10.3. The maximum absolute atomic E-state index is 13.5. The minimum absolute atomic E-state index is 0.00593. The van der Waals surface area contributed by atoms with E-state index in [9.17, 15) is 12.8 Å². The molecule has 2 aromatic carbocycles. The van der Waals surface area contributed by atoms with Gasteiger partial charge < -0.3 is 10.1 Å². The third-order valence-electron chi connectivity index (χ3n) is 5.63. The molecule has 4 rings (SSSR count). The van der Waals surface area contributed by atoms with Gasteiger partial charge in [-0.3, -0.25) is 4.84 Å². The number of benzene rings is 2. The number of nitrogens with one attached hydrogen (secondary N) is 2. The molecule has 1 aliphatic heterocycles. The van der Waals surface area contributed by atoms with Gasteiger partial charge in [-0.25, -0.2) is 27.6 Å². The predicted molar refractivity (Wildman–Crippen MR) is 127 cm³/mol. The van der Waals surface area contributed by atoms with Crippen LogP contribution in [-0.4, -0.2) is 40.3 Å². The van der Waals surface area contributed by atoms with Crippen molar-refractivity contribution in [2.75, 3.05) is 23.7 Å². The van der Waals surface area contributed by atoms with E-state index in [4.69, 9.17) is 21.2 Å². The van der Waals surface area contributed by atoms with Crippen LogP contribution in [0.3, 0.4) is 0 Å². The van der Waals surface area contributed by atoms with E-state index in [1.165, 1.54) is 18.4 Å². The highest BCUT2D eigenvalue weighted by Gasteiger charge is 2.27. The van der Waals surface area contributed by atoms with E-state index in [0.29, 0.717) is 11.4 Å². The van der Waals surface area contributed by atoms with Crippen molar-refractivity contribution in [3.05, 3.63) is 52.8 Å². The molecule has 2 N–H and O–H groups in total. The highest BCUT2D eigenvalue weighted by molar-refractivity contribution is 7.88. The van der Waals surface area contributed by atoms with Crippen LogP contribution in [0.5, 0.6) is 5.75 Å². The summed E-state index contributed by atoms with van der Waals surface area (Å²) in [5.41, 5.74) is 2.25. The summed E-state index contributed by atoms with van der Waals surface area (Å²) >= 11 is 5.92. The fraction of sp³-hybridized carbons (Fsp3) is 0.409. The van der Waals surface area contributed by atoms with Gasteiger partial charge in [0.1, 0.15) is 24.1 Å². The van der Waals surface area contributed by atoms with E-state index in [-0.39, 0.29) is 17.2 Å². The molecule has 2 aromatic rings. The molecule has 178 valence electrons. The first-order valence-electron chi connectivity index (χ1n) is 10.6. The van der Waals surface area contributed by atoms with E-state index in [0.717, 1.165) is 36.9 Å². The quantitative estimate of drug-likeness (QED) is 0.595. The Kier molecular flexibility index (Phi) is 7.08. The lowest BCUT2D eigenvalue weighted by atomic mass is 9.93. The van der Waals surface area contributed by atoms with Crippen molar-refractivity contribution in [1.29, 1.82) is 0 Å². The minimum Gasteiger partial charge on any atom is -0.490 e. The maximum Gasteiger partial charge on any atom is 0.208 e. The molecule has 0 radical (unpaired) electrons. The van der Waals surface area contributed by atoms with Crippen molar-refractivity contribution < 1.29 is 22.4 Å². The summed E-state index contributed by atoms with van der Waals surface area (Å²) in [5, 5.41) is 4.83. The summed E-state index contributed by atoms with van der Waals surface area (Å²) in [5.74, 6) is 0.197. The molecule has 1 fully saturated rings. The van der Waals surface area contributed by atoms with E-state index in [2.05, 4.69) is 15.0 Å². The molecule has 0 amide bonds. The molecular weight excluding hydrogens is 471 g/mol. The average Bonchev–Trinajstić information content (AvgIpc) is 2.77. The van der Waals surface area contributed by atoms with E-state index in [1.807, 2.05) is 18.2 Å². The van der Waals surface area contributed by atoms with Crippen LogP contribution in [0.1, 0.15) is 37.4 Å². The topological polar surface area (TPSA) is 92.3 Å². The lowest BCUT2D eigenvalue weighted by Gasteiger charge is -2.31. The van der Waals surface area contributed by atoms with Gasteiger partial charge in [-0.1, -0.05) is 11.6 Å². The molecule has 8 nitrogen and oxygen atoms in total. The van der Waals surface area contributed by atoms with Crippen molar-refractivity contribution in [3.8, 4) is 5.75 Å². The number of halogens is 2. The van der Waals surface area contributed by atoms with E-state index >= 15 is 0 Å². The lowest BCUT2D eigenvalue weighted by molar-refractivity contribution is 0.144. The molecule has 0 spiro atoms. The number of ether oxygens (including phenoxy) is 1. The Hall–Kier alpha value is -2.40. The summed E-state index contributed by atoms with van der Waals surface area (Å²) in [6, 6.07) is 10.0. The monoisotopic (exact) mass is 496 g/mol. The normalized spacial score (nSPS) is 22.7. The SMILES string of the molecule is CON1C=NC(Nc2ccc(F)c(Cl)c2)c2cc(OC3CCC(NS(C)(=O)=O)CC3)ccc21. The number of aliphatic imine (C=N–C) groups is 1. The molecule has 2 aliphatic rings. The maximum atomic E-state index is 13.5. The highest BCUT2D eigenvalue weighted by atomic mass is 35.5. The van der Waals surface area contributed by atoms with Crippen LogP contribution in [0, 0.1) is 5.82 Å². The highest BCUT2D eigenvalue weighted by Crippen LogP contribution is 2.37. The number of fused-ring (bicyclic) bond motifs is 1. The molecule has 0 bridgehead atoms. The van der Waals surface area contributed by atoms with Crippen LogP contribution in [0.2, 0.25) is 5.02 Å². The molecule has 1 atom stereocenters. The summed E-state index contributed by atoms with van der Waals surface area (Å²) < 4.78 is 45.3. The summed E-state index contributed by atoms with van der Waals surface area (Å²) in [7, 11) is -1.66. The van der Waals surface area contributed by atoms with Crippen LogP contribution >= 0.6 is 11.6 Å². The largest absolute Gasteiger partial charge is 0.490 e. The van der Waals surface area contributed by atoms with Crippen LogP contribution in [0.15, 0.2) is 41.4 Å². The first kappa shape index (κ1) is 23.7. The first-order chi connectivity index (χ1) is 15.7. The lowest BCUT2D eigenvalue weighted by Crippen LogP contribution is -2.39. The third-order valence-corrected chi connectivity index (χ3v) is 6.68. The summed E-state index contributed by atoms with van der Waals surface area (Å²) in [4.78, 5) is 9.89. The van der Waals surface area contributed by atoms with E-state index in [1.54, 1.807) is 24.6 Å². The van der Waals surface area contributed by atoms with E-state index < -0.39 is 22.0 Å². The second-order valence-electron chi connectivity index (χ2n) is 8.15. The van der Waals surface area contributed by atoms with Crippen molar-refractivity contribution in [3.63, 3.8) is 0 Å². The zero-order valence-electron chi connectivity index (χ0n) is 18.3. The van der Waals surface area contributed by atoms with Crippen molar-refractivity contribution in [1.82, 2.24) is 4.72 Å². The number of hydroxylamine groups is 1. The number of sulfonamides is 1. The number of anilines is 2. The Morgan fingerprint density at radius 1 is 1.15 bits per heavy atom. The van der Waals surface area contributed by atoms with Crippen molar-refractivity contribution in [2.45, 2.75) is 44.0 Å². The number of hydrogen-bond acceptors (Lipinski definition) is 7.